The summed E-state index contributed by atoms with van der Waals surface area (Å²) in [4.78, 5) is 34.8. The molecule has 1 aromatic heterocycles. The minimum atomic E-state index is -0.714. The summed E-state index contributed by atoms with van der Waals surface area (Å²) in [6.45, 7) is 3.41. The first-order chi connectivity index (χ1) is 18.8. The quantitative estimate of drug-likeness (QED) is 0.287. The first-order valence-electron chi connectivity index (χ1n) is 12.4. The Labute approximate surface area is 234 Å². The highest BCUT2D eigenvalue weighted by molar-refractivity contribution is 6.42. The van der Waals surface area contributed by atoms with Crippen molar-refractivity contribution in [1.82, 2.24) is 20.2 Å². The lowest BCUT2D eigenvalue weighted by molar-refractivity contribution is -0.131. The summed E-state index contributed by atoms with van der Waals surface area (Å²) in [5.74, 6) is -0.0694. The van der Waals surface area contributed by atoms with Gasteiger partial charge in [-0.25, -0.2) is 14.4 Å². The highest BCUT2D eigenvalue weighted by Gasteiger charge is 2.43. The fraction of sp³-hybridized carbons (Fsp3) is 0.333. The minimum Gasteiger partial charge on any atom is -0.486 e. The van der Waals surface area contributed by atoms with E-state index in [1.165, 1.54) is 31.6 Å². The van der Waals surface area contributed by atoms with E-state index in [1.807, 2.05) is 4.90 Å². The van der Waals surface area contributed by atoms with Crippen LogP contribution in [0.15, 0.2) is 43.2 Å². The first kappa shape index (κ1) is 27.0. The van der Waals surface area contributed by atoms with Crippen LogP contribution in [0, 0.1) is 5.82 Å². The molecule has 0 saturated carbocycles. The van der Waals surface area contributed by atoms with Gasteiger partial charge in [0.25, 0.3) is 5.91 Å². The number of nitrogens with zero attached hydrogens (tertiary/aromatic N) is 3. The van der Waals surface area contributed by atoms with Crippen molar-refractivity contribution in [2.75, 3.05) is 19.0 Å². The number of ether oxygens (including phenoxy) is 2. The largest absolute Gasteiger partial charge is 0.486 e. The first-order valence-corrected chi connectivity index (χ1v) is 13.2. The Bertz CT molecular complexity index is 1440. The zero-order chi connectivity index (χ0) is 27.7. The van der Waals surface area contributed by atoms with Crippen LogP contribution >= 0.6 is 23.2 Å². The van der Waals surface area contributed by atoms with E-state index in [0.29, 0.717) is 41.1 Å². The van der Waals surface area contributed by atoms with Crippen molar-refractivity contribution in [2.24, 2.45) is 0 Å². The normalized spacial score (nSPS) is 20.0. The molecule has 0 aliphatic carbocycles. The lowest BCUT2D eigenvalue weighted by Crippen LogP contribution is -2.48. The Morgan fingerprint density at radius 3 is 2.62 bits per heavy atom. The molecule has 2 amide bonds. The number of fused-ring (bicyclic) bond motifs is 3. The Morgan fingerprint density at radius 1 is 1.18 bits per heavy atom. The highest BCUT2D eigenvalue weighted by Crippen LogP contribution is 2.41. The minimum absolute atomic E-state index is 0.0631. The molecular weight excluding hydrogens is 548 g/mol. The van der Waals surface area contributed by atoms with Gasteiger partial charge in [-0.2, -0.15) is 0 Å². The van der Waals surface area contributed by atoms with Crippen molar-refractivity contribution in [3.8, 4) is 11.5 Å². The number of likely N-dealkylation sites (N-methyl/N-ethyl adjacent to an activating group) is 1. The molecule has 9 nitrogen and oxygen atoms in total. The molecule has 2 aromatic carbocycles. The number of carbonyl (C=O) groups excluding carboxylic acids is 2. The van der Waals surface area contributed by atoms with Crippen LogP contribution in [0.1, 0.15) is 25.7 Å². The van der Waals surface area contributed by atoms with E-state index in [2.05, 4.69) is 27.2 Å². The standard InChI is InChI=1S/C27H26Cl2FN5O4/c1-3-24(37)35-14-4-5-15(35)9-16(8-14)39-22-10-17-20(11-21(22)38-12-23(36)31-2)32-13-33-27(17)34-19-7-6-18(28)25(29)26(19)30/h3,6-7,10-11,13-16H,1,4-5,8-9,12H2,2H3,(H,31,36)(H,32,33,34)/t14-,15+,16?. The molecule has 2 N–H and O–H groups in total. The van der Waals surface area contributed by atoms with Gasteiger partial charge in [-0.05, 0) is 37.1 Å². The third-order valence-electron chi connectivity index (χ3n) is 7.04. The molecule has 3 atom stereocenters. The number of aromatic nitrogens is 2. The van der Waals surface area contributed by atoms with Gasteiger partial charge in [0.2, 0.25) is 5.91 Å². The van der Waals surface area contributed by atoms with Crippen LogP contribution in [0.3, 0.4) is 0 Å². The predicted octanol–water partition coefficient (Wildman–Crippen LogP) is 5.03. The van der Waals surface area contributed by atoms with Crippen LogP contribution in [0.4, 0.5) is 15.9 Å². The van der Waals surface area contributed by atoms with Crippen LogP contribution in [0.5, 0.6) is 11.5 Å². The molecule has 5 rings (SSSR count). The maximum Gasteiger partial charge on any atom is 0.257 e. The number of hydrogen-bond acceptors (Lipinski definition) is 7. The third kappa shape index (κ3) is 5.44. The third-order valence-corrected chi connectivity index (χ3v) is 7.82. The second-order valence-electron chi connectivity index (χ2n) is 9.39. The smallest absolute Gasteiger partial charge is 0.257 e. The van der Waals surface area contributed by atoms with E-state index in [4.69, 9.17) is 32.7 Å². The van der Waals surface area contributed by atoms with Crippen molar-refractivity contribution < 1.29 is 23.5 Å². The lowest BCUT2D eigenvalue weighted by atomic mass is 9.99. The SMILES string of the molecule is C=CC(=O)N1[C@@H]2CC[C@H]1CC(Oc1cc3c(Nc4ccc(Cl)c(Cl)c4F)ncnc3cc1OCC(=O)NC)C2. The molecule has 2 bridgehead atoms. The molecule has 39 heavy (non-hydrogen) atoms. The topological polar surface area (TPSA) is 106 Å². The van der Waals surface area contributed by atoms with Gasteiger partial charge in [-0.3, -0.25) is 9.59 Å². The van der Waals surface area contributed by atoms with Crippen molar-refractivity contribution >= 4 is 57.4 Å². The van der Waals surface area contributed by atoms with E-state index in [1.54, 1.807) is 12.1 Å². The molecular formula is C27H26Cl2FN5O4. The number of halogens is 3. The number of hydrogen-bond donors (Lipinski definition) is 2. The van der Waals surface area contributed by atoms with Crippen LogP contribution in [0.25, 0.3) is 10.9 Å². The Morgan fingerprint density at radius 2 is 1.92 bits per heavy atom. The molecule has 2 saturated heterocycles. The molecule has 2 aliphatic heterocycles. The van der Waals surface area contributed by atoms with E-state index in [0.717, 1.165) is 12.8 Å². The van der Waals surface area contributed by atoms with E-state index in [-0.39, 0.29) is 52.3 Å². The maximum atomic E-state index is 14.8. The summed E-state index contributed by atoms with van der Waals surface area (Å²) >= 11 is 11.9. The van der Waals surface area contributed by atoms with Gasteiger partial charge >= 0.3 is 0 Å². The van der Waals surface area contributed by atoms with Crippen molar-refractivity contribution in [2.45, 2.75) is 43.9 Å². The average molecular weight is 574 g/mol. The summed E-state index contributed by atoms with van der Waals surface area (Å²) in [6.07, 6.45) is 5.59. The van der Waals surface area contributed by atoms with Crippen LogP contribution in [-0.2, 0) is 9.59 Å². The molecule has 12 heteroatoms. The Hall–Kier alpha value is -3.63. The van der Waals surface area contributed by atoms with Crippen LogP contribution in [0.2, 0.25) is 10.0 Å². The number of benzene rings is 2. The highest BCUT2D eigenvalue weighted by atomic mass is 35.5. The van der Waals surface area contributed by atoms with Crippen molar-refractivity contribution in [3.63, 3.8) is 0 Å². The van der Waals surface area contributed by atoms with E-state index < -0.39 is 5.82 Å². The van der Waals surface area contributed by atoms with Gasteiger partial charge in [-0.1, -0.05) is 29.8 Å². The summed E-state index contributed by atoms with van der Waals surface area (Å²) < 4.78 is 27.0. The number of nitrogens with one attached hydrogen (secondary N) is 2. The van der Waals surface area contributed by atoms with Crippen LogP contribution in [-0.4, -0.2) is 58.5 Å². The van der Waals surface area contributed by atoms with Gasteiger partial charge in [0.05, 0.1) is 21.2 Å². The molecule has 3 aromatic rings. The van der Waals surface area contributed by atoms with Gasteiger partial charge in [0.1, 0.15) is 18.2 Å². The molecule has 0 radical (unpaired) electrons. The molecule has 204 valence electrons. The number of rotatable bonds is 8. The number of amides is 2. The monoisotopic (exact) mass is 573 g/mol. The van der Waals surface area contributed by atoms with Crippen molar-refractivity contribution in [3.05, 3.63) is 59.1 Å². The van der Waals surface area contributed by atoms with Gasteiger partial charge in [0, 0.05) is 43.4 Å². The zero-order valence-corrected chi connectivity index (χ0v) is 22.6. The fourth-order valence-corrected chi connectivity index (χ4v) is 5.51. The Balaban J connectivity index is 1.48. The van der Waals surface area contributed by atoms with Gasteiger partial charge in [-0.15, -0.1) is 0 Å². The second kappa shape index (κ2) is 11.2. The van der Waals surface area contributed by atoms with Crippen LogP contribution < -0.4 is 20.1 Å². The number of piperidine rings is 1. The molecule has 3 heterocycles. The number of carbonyl (C=O) groups is 2. The number of anilines is 2. The summed E-state index contributed by atoms with van der Waals surface area (Å²) in [5.41, 5.74) is 0.571. The maximum absolute atomic E-state index is 14.8. The summed E-state index contributed by atoms with van der Waals surface area (Å²) in [5, 5.41) is 5.91. The summed E-state index contributed by atoms with van der Waals surface area (Å²) in [6, 6.07) is 6.42. The van der Waals surface area contributed by atoms with E-state index in [9.17, 15) is 14.0 Å². The fourth-order valence-electron chi connectivity index (χ4n) is 5.20. The Kier molecular flexibility index (Phi) is 7.76. The predicted molar refractivity (Wildman–Crippen MR) is 146 cm³/mol. The molecule has 2 aliphatic rings. The van der Waals surface area contributed by atoms with E-state index >= 15 is 0 Å². The zero-order valence-electron chi connectivity index (χ0n) is 21.0. The lowest BCUT2D eigenvalue weighted by Gasteiger charge is -2.38. The second-order valence-corrected chi connectivity index (χ2v) is 10.2. The molecule has 2 fully saturated rings. The van der Waals surface area contributed by atoms with Gasteiger partial charge in [0.15, 0.2) is 23.9 Å². The van der Waals surface area contributed by atoms with Crippen molar-refractivity contribution in [1.29, 1.82) is 0 Å². The van der Waals surface area contributed by atoms with Gasteiger partial charge < -0.3 is 25.0 Å². The summed E-state index contributed by atoms with van der Waals surface area (Å²) in [7, 11) is 1.52. The average Bonchev–Trinajstić information content (AvgIpc) is 3.21. The molecule has 0 spiro atoms. The molecule has 1 unspecified atom stereocenters.